The molecular weight excluding hydrogens is 159 g/mol. The molecule has 0 radical (unpaired) electrons. The zero-order valence-electron chi connectivity index (χ0n) is 5.36. The van der Waals surface area contributed by atoms with Crippen molar-refractivity contribution >= 4 is 8.58 Å². The van der Waals surface area contributed by atoms with Crippen LogP contribution in [0, 0.1) is 0 Å². The fourth-order valence-electron chi connectivity index (χ4n) is 0.376. The molecule has 10 heavy (non-hydrogen) atoms. The third-order valence-corrected chi connectivity index (χ3v) is 1.56. The van der Waals surface area contributed by atoms with Crippen LogP contribution < -0.4 is 0 Å². The summed E-state index contributed by atoms with van der Waals surface area (Å²) in [6, 6.07) is -0.694. The van der Waals surface area contributed by atoms with Gasteiger partial charge in [-0.25, -0.2) is 0 Å². The molecule has 0 aliphatic rings. The first-order chi connectivity index (χ1) is 4.85. The van der Waals surface area contributed by atoms with Gasteiger partial charge in [0, 0.05) is 0 Å². The lowest BCUT2D eigenvalue weighted by atomic mass is 11.3. The third kappa shape index (κ3) is 5.05. The summed E-state index contributed by atoms with van der Waals surface area (Å²) in [4.78, 5) is 0. The first-order valence-corrected chi connectivity index (χ1v) is 3.92. The Bertz CT molecular complexity index is 56.4. The van der Waals surface area contributed by atoms with Crippen LogP contribution in [0.4, 0.5) is 0 Å². The van der Waals surface area contributed by atoms with E-state index in [1.807, 2.05) is 0 Å². The number of ether oxygens (including phenoxy) is 2. The Hall–Kier alpha value is 0.230. The molecule has 62 valence electrons. The molecule has 0 bridgehead atoms. The summed E-state index contributed by atoms with van der Waals surface area (Å²) in [5.74, 6) is 0. The maximum absolute atomic E-state index is 8.38. The van der Waals surface area contributed by atoms with Crippen LogP contribution in [0.15, 0.2) is 0 Å². The second-order valence-electron chi connectivity index (χ2n) is 1.29. The second kappa shape index (κ2) is 7.34. The van der Waals surface area contributed by atoms with Gasteiger partial charge in [0.15, 0.2) is 6.03 Å². The smallest absolute Gasteiger partial charge is 0.180 e. The van der Waals surface area contributed by atoms with Gasteiger partial charge >= 0.3 is 0 Å². The fourth-order valence-corrected chi connectivity index (χ4v) is 0.910. The van der Waals surface area contributed by atoms with Crippen molar-refractivity contribution in [3.05, 3.63) is 0 Å². The van der Waals surface area contributed by atoms with Gasteiger partial charge in [-0.1, -0.05) is 0 Å². The maximum atomic E-state index is 8.38. The monoisotopic (exact) mass is 170 g/mol. The molecule has 1 atom stereocenters. The average molecular weight is 170 g/mol. The molecule has 1 unspecified atom stereocenters. The molecule has 6 heteroatoms. The molecule has 0 fully saturated rings. The van der Waals surface area contributed by atoms with Gasteiger partial charge in [0.1, 0.15) is 13.6 Å². The van der Waals surface area contributed by atoms with Gasteiger partial charge in [0.25, 0.3) is 0 Å². The Morgan fingerprint density at radius 2 is 1.60 bits per heavy atom. The molecule has 0 aliphatic carbocycles. The minimum Gasteiger partial charge on any atom is -0.392 e. The van der Waals surface area contributed by atoms with Gasteiger partial charge in [-0.15, -0.1) is 0 Å². The van der Waals surface area contributed by atoms with Crippen LogP contribution in [0.25, 0.3) is 0 Å². The van der Waals surface area contributed by atoms with Gasteiger partial charge in [0.05, 0.1) is 6.35 Å². The Morgan fingerprint density at radius 3 is 1.90 bits per heavy atom. The van der Waals surface area contributed by atoms with Gasteiger partial charge in [0.2, 0.25) is 0 Å². The van der Waals surface area contributed by atoms with Crippen molar-refractivity contribution in [1.29, 1.82) is 0 Å². The van der Waals surface area contributed by atoms with E-state index in [0.717, 1.165) is 0 Å². The summed E-state index contributed by atoms with van der Waals surface area (Å²) in [5, 5.41) is 24.8. The number of hydrogen-bond acceptors (Lipinski definition) is 5. The standard InChI is InChI=1S/C4H11O5P/c5-1-8-4(9-2-6)10-3-7/h4-7,10H,1-3H2. The summed E-state index contributed by atoms with van der Waals surface area (Å²) in [6.45, 7) is -0.949. The lowest BCUT2D eigenvalue weighted by molar-refractivity contribution is -0.166. The summed E-state index contributed by atoms with van der Waals surface area (Å²) in [7, 11) is 0.0107. The number of aliphatic hydroxyl groups is 3. The molecule has 0 amide bonds. The fraction of sp³-hybridized carbons (Fsp3) is 1.00. The van der Waals surface area contributed by atoms with E-state index in [1.165, 1.54) is 0 Å². The van der Waals surface area contributed by atoms with E-state index in [9.17, 15) is 0 Å². The molecule has 0 spiro atoms. The highest BCUT2D eigenvalue weighted by molar-refractivity contribution is 7.38. The van der Waals surface area contributed by atoms with Crippen LogP contribution in [-0.2, 0) is 9.47 Å². The molecular formula is C4H11O5P. The number of aliphatic hydroxyl groups excluding tert-OH is 3. The average Bonchev–Trinajstić information content (AvgIpc) is 1.90. The summed E-state index contributed by atoms with van der Waals surface area (Å²) >= 11 is 0. The molecule has 0 saturated carbocycles. The molecule has 0 aromatic heterocycles. The number of hydrogen-bond donors (Lipinski definition) is 3. The van der Waals surface area contributed by atoms with E-state index in [1.54, 1.807) is 0 Å². The Balaban J connectivity index is 3.30. The van der Waals surface area contributed by atoms with Crippen LogP contribution in [0.2, 0.25) is 0 Å². The van der Waals surface area contributed by atoms with Gasteiger partial charge in [-0.2, -0.15) is 0 Å². The SMILES string of the molecule is OCOC(OCO)PCO. The van der Waals surface area contributed by atoms with Crippen molar-refractivity contribution in [3.8, 4) is 0 Å². The predicted molar refractivity (Wildman–Crippen MR) is 35.5 cm³/mol. The molecule has 0 saturated heterocycles. The summed E-state index contributed by atoms with van der Waals surface area (Å²) < 4.78 is 9.10. The maximum Gasteiger partial charge on any atom is 0.180 e. The second-order valence-corrected chi connectivity index (χ2v) is 2.48. The zero-order valence-corrected chi connectivity index (χ0v) is 6.36. The van der Waals surface area contributed by atoms with Crippen molar-refractivity contribution in [1.82, 2.24) is 0 Å². The Labute approximate surface area is 60.4 Å². The van der Waals surface area contributed by atoms with Crippen LogP contribution in [0.1, 0.15) is 0 Å². The summed E-state index contributed by atoms with van der Waals surface area (Å²) in [5.41, 5.74) is 0. The normalized spacial score (nSPS) is 12.0. The summed E-state index contributed by atoms with van der Waals surface area (Å²) in [6.07, 6.45) is -0.0787. The molecule has 0 rings (SSSR count). The minimum absolute atomic E-state index is 0.0107. The molecule has 0 aromatic rings. The highest BCUT2D eigenvalue weighted by Gasteiger charge is 2.05. The first-order valence-electron chi connectivity index (χ1n) is 2.64. The van der Waals surface area contributed by atoms with Crippen molar-refractivity contribution in [2.24, 2.45) is 0 Å². The van der Waals surface area contributed by atoms with E-state index in [-0.39, 0.29) is 14.9 Å². The van der Waals surface area contributed by atoms with Crippen LogP contribution in [0.3, 0.4) is 0 Å². The predicted octanol–water partition coefficient (Wildman–Crippen LogP) is -1.17. The van der Waals surface area contributed by atoms with Gasteiger partial charge in [-0.3, -0.25) is 0 Å². The highest BCUT2D eigenvalue weighted by atomic mass is 31.1. The van der Waals surface area contributed by atoms with E-state index < -0.39 is 19.6 Å². The van der Waals surface area contributed by atoms with Crippen molar-refractivity contribution < 1.29 is 24.8 Å². The van der Waals surface area contributed by atoms with Crippen molar-refractivity contribution in [3.63, 3.8) is 0 Å². The van der Waals surface area contributed by atoms with Crippen molar-refractivity contribution in [2.45, 2.75) is 6.03 Å². The van der Waals surface area contributed by atoms with Gasteiger partial charge < -0.3 is 24.8 Å². The van der Waals surface area contributed by atoms with Crippen molar-refractivity contribution in [2.75, 3.05) is 19.9 Å². The minimum atomic E-state index is -0.694. The largest absolute Gasteiger partial charge is 0.392 e. The Morgan fingerprint density at radius 1 is 1.10 bits per heavy atom. The zero-order chi connectivity index (χ0) is 7.82. The van der Waals surface area contributed by atoms with E-state index in [0.29, 0.717) is 0 Å². The van der Waals surface area contributed by atoms with Crippen LogP contribution in [-0.4, -0.2) is 41.3 Å². The third-order valence-electron chi connectivity index (χ3n) is 0.710. The van der Waals surface area contributed by atoms with E-state index in [4.69, 9.17) is 15.3 Å². The lowest BCUT2D eigenvalue weighted by Gasteiger charge is -2.13. The van der Waals surface area contributed by atoms with E-state index in [2.05, 4.69) is 9.47 Å². The molecule has 0 aliphatic heterocycles. The van der Waals surface area contributed by atoms with E-state index >= 15 is 0 Å². The molecule has 0 aromatic carbocycles. The molecule has 5 nitrogen and oxygen atoms in total. The highest BCUT2D eigenvalue weighted by Crippen LogP contribution is 2.18. The topological polar surface area (TPSA) is 79.2 Å². The van der Waals surface area contributed by atoms with Crippen LogP contribution >= 0.6 is 8.58 Å². The van der Waals surface area contributed by atoms with Crippen LogP contribution in [0.5, 0.6) is 0 Å². The molecule has 3 N–H and O–H groups in total. The Kier molecular flexibility index (Phi) is 7.51. The number of rotatable bonds is 6. The first kappa shape index (κ1) is 10.2. The quantitative estimate of drug-likeness (QED) is 0.346. The van der Waals surface area contributed by atoms with Gasteiger partial charge in [-0.05, 0) is 8.58 Å². The molecule has 0 heterocycles. The lowest BCUT2D eigenvalue weighted by Crippen LogP contribution is -2.13.